The lowest BCUT2D eigenvalue weighted by molar-refractivity contribution is 0.546. The summed E-state index contributed by atoms with van der Waals surface area (Å²) >= 11 is 0. The number of aromatic amines is 1. The van der Waals surface area contributed by atoms with Gasteiger partial charge in [-0.15, -0.1) is 0 Å². The molecule has 0 saturated heterocycles. The molecule has 0 atom stereocenters. The van der Waals surface area contributed by atoms with E-state index in [1.54, 1.807) is 0 Å². The maximum atomic E-state index is 5.48. The van der Waals surface area contributed by atoms with Gasteiger partial charge in [-0.05, 0) is 31.2 Å². The first-order chi connectivity index (χ1) is 6.29. The molecule has 0 bridgehead atoms. The molecule has 0 fully saturated rings. The third kappa shape index (κ3) is 1.51. The highest BCUT2D eigenvalue weighted by atomic mass is 16.3. The van der Waals surface area contributed by atoms with Crippen LogP contribution in [0.1, 0.15) is 11.5 Å². The molecule has 0 radical (unpaired) electrons. The number of aryl methyl sites for hydroxylation is 1. The predicted molar refractivity (Wildman–Crippen MR) is 51.1 cm³/mol. The summed E-state index contributed by atoms with van der Waals surface area (Å²) in [5, 5.41) is 0. The summed E-state index contributed by atoms with van der Waals surface area (Å²) in [6, 6.07) is 7.83. The highest BCUT2D eigenvalue weighted by molar-refractivity contribution is 5.53. The number of rotatable bonds is 2. The first-order valence-corrected chi connectivity index (χ1v) is 4.24. The zero-order valence-corrected chi connectivity index (χ0v) is 7.50. The Hall–Kier alpha value is -1.48. The van der Waals surface area contributed by atoms with Crippen molar-refractivity contribution < 1.29 is 4.42 Å². The molecular weight excluding hydrogens is 164 g/mol. The number of hydrogen-bond acceptors (Lipinski definition) is 2. The Kier molecular flexibility index (Phi) is 1.94. The van der Waals surface area contributed by atoms with Crippen molar-refractivity contribution in [3.05, 3.63) is 35.7 Å². The number of nitrogens with two attached hydrogens (primary N) is 1. The molecule has 2 heterocycles. The van der Waals surface area contributed by atoms with Gasteiger partial charge in [0.2, 0.25) is 0 Å². The Balaban J connectivity index is 2.35. The second-order valence-corrected chi connectivity index (χ2v) is 3.01. The standard InChI is InChI=1S/C10H12N2O/c1-7-2-5-10(13-7)9-4-3-8(6-11)12-9/h2-5,12H,6,11H2,1H3. The zero-order valence-electron chi connectivity index (χ0n) is 7.50. The van der Waals surface area contributed by atoms with E-state index in [0.717, 1.165) is 22.9 Å². The highest BCUT2D eigenvalue weighted by Crippen LogP contribution is 2.20. The summed E-state index contributed by atoms with van der Waals surface area (Å²) in [4.78, 5) is 3.17. The van der Waals surface area contributed by atoms with Crippen molar-refractivity contribution in [2.45, 2.75) is 13.5 Å². The molecule has 0 aliphatic heterocycles. The van der Waals surface area contributed by atoms with E-state index >= 15 is 0 Å². The van der Waals surface area contributed by atoms with Gasteiger partial charge < -0.3 is 15.1 Å². The first kappa shape index (κ1) is 8.13. The van der Waals surface area contributed by atoms with Gasteiger partial charge in [0.1, 0.15) is 11.5 Å². The Labute approximate surface area is 76.6 Å². The fraction of sp³-hybridized carbons (Fsp3) is 0.200. The molecule has 0 aliphatic rings. The molecule has 0 aliphatic carbocycles. The average molecular weight is 176 g/mol. The predicted octanol–water partition coefficient (Wildman–Crippen LogP) is 2.04. The topological polar surface area (TPSA) is 55.0 Å². The molecule has 0 saturated carbocycles. The molecule has 13 heavy (non-hydrogen) atoms. The Morgan fingerprint density at radius 2 is 2.15 bits per heavy atom. The van der Waals surface area contributed by atoms with Crippen molar-refractivity contribution >= 4 is 0 Å². The molecule has 3 heteroatoms. The summed E-state index contributed by atoms with van der Waals surface area (Å²) < 4.78 is 5.46. The molecule has 3 N–H and O–H groups in total. The van der Waals surface area contributed by atoms with E-state index in [9.17, 15) is 0 Å². The SMILES string of the molecule is Cc1ccc(-c2ccc(CN)[nH]2)o1. The molecule has 2 aromatic rings. The van der Waals surface area contributed by atoms with Crippen LogP contribution in [0.4, 0.5) is 0 Å². The van der Waals surface area contributed by atoms with E-state index < -0.39 is 0 Å². The molecular formula is C10H12N2O. The average Bonchev–Trinajstić information content (AvgIpc) is 2.71. The number of hydrogen-bond donors (Lipinski definition) is 2. The van der Waals surface area contributed by atoms with Crippen molar-refractivity contribution in [3.8, 4) is 11.5 Å². The van der Waals surface area contributed by atoms with Crippen LogP contribution in [0.5, 0.6) is 0 Å². The van der Waals surface area contributed by atoms with Gasteiger partial charge in [-0.3, -0.25) is 0 Å². The summed E-state index contributed by atoms with van der Waals surface area (Å²) in [7, 11) is 0. The number of H-pyrrole nitrogens is 1. The normalized spacial score (nSPS) is 10.6. The minimum absolute atomic E-state index is 0.527. The van der Waals surface area contributed by atoms with Gasteiger partial charge >= 0.3 is 0 Å². The van der Waals surface area contributed by atoms with Gasteiger partial charge in [0.25, 0.3) is 0 Å². The van der Waals surface area contributed by atoms with Crippen molar-refractivity contribution in [2.75, 3.05) is 0 Å². The third-order valence-electron chi connectivity index (χ3n) is 1.97. The van der Waals surface area contributed by atoms with Crippen LogP contribution < -0.4 is 5.73 Å². The second-order valence-electron chi connectivity index (χ2n) is 3.01. The summed E-state index contributed by atoms with van der Waals surface area (Å²) in [6.45, 7) is 2.45. The molecule has 0 aromatic carbocycles. The molecule has 2 aromatic heterocycles. The van der Waals surface area contributed by atoms with Gasteiger partial charge in [-0.1, -0.05) is 0 Å². The molecule has 3 nitrogen and oxygen atoms in total. The number of aromatic nitrogens is 1. The minimum Gasteiger partial charge on any atom is -0.460 e. The Morgan fingerprint density at radius 1 is 1.31 bits per heavy atom. The quantitative estimate of drug-likeness (QED) is 0.735. The summed E-state index contributed by atoms with van der Waals surface area (Å²) in [5.74, 6) is 1.77. The van der Waals surface area contributed by atoms with Gasteiger partial charge in [0.15, 0.2) is 0 Å². The van der Waals surface area contributed by atoms with E-state index in [1.165, 1.54) is 0 Å². The van der Waals surface area contributed by atoms with E-state index in [2.05, 4.69) is 4.98 Å². The molecule has 0 spiro atoms. The van der Waals surface area contributed by atoms with Gasteiger partial charge in [0, 0.05) is 12.2 Å². The Bertz CT molecular complexity index is 400. The van der Waals surface area contributed by atoms with Crippen LogP contribution in [0.25, 0.3) is 11.5 Å². The van der Waals surface area contributed by atoms with E-state index in [-0.39, 0.29) is 0 Å². The largest absolute Gasteiger partial charge is 0.460 e. The minimum atomic E-state index is 0.527. The maximum absolute atomic E-state index is 5.48. The fourth-order valence-corrected chi connectivity index (χ4v) is 1.28. The van der Waals surface area contributed by atoms with Crippen LogP contribution in [0.2, 0.25) is 0 Å². The van der Waals surface area contributed by atoms with Crippen LogP contribution in [-0.4, -0.2) is 4.98 Å². The van der Waals surface area contributed by atoms with E-state index in [0.29, 0.717) is 6.54 Å². The van der Waals surface area contributed by atoms with Gasteiger partial charge in [-0.25, -0.2) is 0 Å². The monoisotopic (exact) mass is 176 g/mol. The second kappa shape index (κ2) is 3.11. The highest BCUT2D eigenvalue weighted by Gasteiger charge is 2.03. The van der Waals surface area contributed by atoms with Crippen LogP contribution in [0.15, 0.2) is 28.7 Å². The Morgan fingerprint density at radius 3 is 2.69 bits per heavy atom. The summed E-state index contributed by atoms with van der Waals surface area (Å²) in [5.41, 5.74) is 7.48. The fourth-order valence-electron chi connectivity index (χ4n) is 1.28. The molecule has 0 unspecified atom stereocenters. The van der Waals surface area contributed by atoms with Crippen LogP contribution in [0, 0.1) is 6.92 Å². The zero-order chi connectivity index (χ0) is 9.26. The lowest BCUT2D eigenvalue weighted by atomic mass is 10.3. The molecule has 68 valence electrons. The lowest BCUT2D eigenvalue weighted by Crippen LogP contribution is -1.95. The maximum Gasteiger partial charge on any atom is 0.150 e. The summed E-state index contributed by atoms with van der Waals surface area (Å²) in [6.07, 6.45) is 0. The van der Waals surface area contributed by atoms with Crippen molar-refractivity contribution in [3.63, 3.8) is 0 Å². The molecule has 0 amide bonds. The van der Waals surface area contributed by atoms with Crippen LogP contribution in [-0.2, 0) is 6.54 Å². The first-order valence-electron chi connectivity index (χ1n) is 4.24. The number of furan rings is 1. The molecule has 2 rings (SSSR count). The third-order valence-corrected chi connectivity index (χ3v) is 1.97. The van der Waals surface area contributed by atoms with E-state index in [1.807, 2.05) is 31.2 Å². The van der Waals surface area contributed by atoms with Gasteiger partial charge in [-0.2, -0.15) is 0 Å². The van der Waals surface area contributed by atoms with Crippen molar-refractivity contribution in [1.82, 2.24) is 4.98 Å². The smallest absolute Gasteiger partial charge is 0.150 e. The van der Waals surface area contributed by atoms with Crippen LogP contribution >= 0.6 is 0 Å². The lowest BCUT2D eigenvalue weighted by Gasteiger charge is -1.91. The van der Waals surface area contributed by atoms with Crippen molar-refractivity contribution in [1.29, 1.82) is 0 Å². The van der Waals surface area contributed by atoms with Gasteiger partial charge in [0.05, 0.1) is 5.69 Å². The van der Waals surface area contributed by atoms with E-state index in [4.69, 9.17) is 10.2 Å². The van der Waals surface area contributed by atoms with Crippen molar-refractivity contribution in [2.24, 2.45) is 5.73 Å². The van der Waals surface area contributed by atoms with Crippen LogP contribution in [0.3, 0.4) is 0 Å². The number of nitrogens with one attached hydrogen (secondary N) is 1.